The lowest BCUT2D eigenvalue weighted by atomic mass is 10.2. The van der Waals surface area contributed by atoms with Crippen molar-refractivity contribution in [2.45, 2.75) is 11.0 Å². The van der Waals surface area contributed by atoms with E-state index in [-0.39, 0.29) is 23.9 Å². The van der Waals surface area contributed by atoms with Crippen LogP contribution in [0.2, 0.25) is 0 Å². The number of morpholine rings is 1. The highest BCUT2D eigenvalue weighted by Crippen LogP contribution is 2.25. The number of nitrogens with one attached hydrogen (secondary N) is 2. The molecule has 1 unspecified atom stereocenters. The van der Waals surface area contributed by atoms with Crippen molar-refractivity contribution in [1.29, 1.82) is 0 Å². The van der Waals surface area contributed by atoms with Crippen molar-refractivity contribution in [3.63, 3.8) is 0 Å². The molecule has 2 N–H and O–H groups in total. The predicted molar refractivity (Wildman–Crippen MR) is 94.0 cm³/mol. The van der Waals surface area contributed by atoms with E-state index in [1.165, 1.54) is 10.5 Å². The number of carbonyl (C=O) groups excluding carboxylic acids is 1. The van der Waals surface area contributed by atoms with E-state index in [0.717, 1.165) is 6.54 Å². The van der Waals surface area contributed by atoms with Crippen molar-refractivity contribution < 1.29 is 17.9 Å². The van der Waals surface area contributed by atoms with Crippen molar-refractivity contribution in [2.24, 2.45) is 0 Å². The zero-order valence-corrected chi connectivity index (χ0v) is 15.0. The normalized spacial score (nSPS) is 22.6. The summed E-state index contributed by atoms with van der Waals surface area (Å²) in [7, 11) is -3.64. The topological polar surface area (TPSA) is 108 Å². The van der Waals surface area contributed by atoms with E-state index < -0.39 is 16.1 Å². The highest BCUT2D eigenvalue weighted by atomic mass is 32.2. The van der Waals surface area contributed by atoms with Crippen LogP contribution in [-0.4, -0.2) is 85.5 Å². The molecular formula is C16H21N5O4S. The smallest absolute Gasteiger partial charge is 0.253 e. The third kappa shape index (κ3) is 3.09. The summed E-state index contributed by atoms with van der Waals surface area (Å²) in [6, 6.07) is 3.45. The van der Waals surface area contributed by atoms with Crippen LogP contribution in [0.4, 0.5) is 0 Å². The third-order valence-electron chi connectivity index (χ3n) is 4.78. The Morgan fingerprint density at radius 1 is 1.27 bits per heavy atom. The summed E-state index contributed by atoms with van der Waals surface area (Å²) < 4.78 is 32.9. The molecule has 0 aromatic carbocycles. The Labute approximate surface area is 151 Å². The summed E-state index contributed by atoms with van der Waals surface area (Å²) >= 11 is 0. The second-order valence-corrected chi connectivity index (χ2v) is 8.25. The van der Waals surface area contributed by atoms with Gasteiger partial charge in [0.05, 0.1) is 6.61 Å². The van der Waals surface area contributed by atoms with Gasteiger partial charge >= 0.3 is 0 Å². The van der Waals surface area contributed by atoms with Crippen LogP contribution in [-0.2, 0) is 19.6 Å². The lowest BCUT2D eigenvalue weighted by Gasteiger charge is -2.36. The monoisotopic (exact) mass is 379 g/mol. The van der Waals surface area contributed by atoms with Crippen LogP contribution in [0.3, 0.4) is 0 Å². The van der Waals surface area contributed by atoms with Crippen LogP contribution in [0, 0.1) is 0 Å². The molecule has 2 aromatic heterocycles. The molecule has 0 spiro atoms. The number of aromatic amines is 1. The number of ether oxygens (including phenoxy) is 1. The van der Waals surface area contributed by atoms with Gasteiger partial charge in [-0.3, -0.25) is 4.79 Å². The molecule has 26 heavy (non-hydrogen) atoms. The number of hydrogen-bond acceptors (Lipinski definition) is 6. The number of pyridine rings is 1. The van der Waals surface area contributed by atoms with Gasteiger partial charge in [-0.25, -0.2) is 13.4 Å². The predicted octanol–water partition coefficient (Wildman–Crippen LogP) is -0.616. The fraction of sp³-hybridized carbons (Fsp3) is 0.500. The molecule has 1 atom stereocenters. The Bertz CT molecular complexity index is 898. The van der Waals surface area contributed by atoms with Crippen molar-refractivity contribution >= 4 is 27.0 Å². The molecule has 0 bridgehead atoms. The Morgan fingerprint density at radius 2 is 2.08 bits per heavy atom. The molecule has 1 amide bonds. The van der Waals surface area contributed by atoms with E-state index in [4.69, 9.17) is 4.74 Å². The Balaban J connectivity index is 1.46. The molecule has 2 aromatic rings. The van der Waals surface area contributed by atoms with Crippen LogP contribution >= 0.6 is 0 Å². The standard InChI is InChI=1S/C16H21N5O4S/c22-16(13-10-17-4-9-25-13)20-5-7-21(8-6-20)26(23,24)14-11-19-15-12(14)2-1-3-18-15/h1-3,11,13,17H,4-10H2,(H,18,19). The fourth-order valence-electron chi connectivity index (χ4n) is 3.36. The average Bonchev–Trinajstić information content (AvgIpc) is 3.13. The highest BCUT2D eigenvalue weighted by molar-refractivity contribution is 7.89. The van der Waals surface area contributed by atoms with Gasteiger partial charge in [0.1, 0.15) is 16.6 Å². The van der Waals surface area contributed by atoms with Crippen molar-refractivity contribution in [3.05, 3.63) is 24.5 Å². The van der Waals surface area contributed by atoms with Crippen LogP contribution in [0.1, 0.15) is 0 Å². The fourth-order valence-corrected chi connectivity index (χ4v) is 4.93. The van der Waals surface area contributed by atoms with Gasteiger partial charge in [0, 0.05) is 57.0 Å². The maximum Gasteiger partial charge on any atom is 0.253 e. The number of H-pyrrole nitrogens is 1. The van der Waals surface area contributed by atoms with Crippen molar-refractivity contribution in [1.82, 2.24) is 24.5 Å². The maximum absolute atomic E-state index is 13.0. The quantitative estimate of drug-likeness (QED) is 0.736. The van der Waals surface area contributed by atoms with E-state index >= 15 is 0 Å². The van der Waals surface area contributed by atoms with Crippen LogP contribution in [0.5, 0.6) is 0 Å². The Morgan fingerprint density at radius 3 is 2.81 bits per heavy atom. The lowest BCUT2D eigenvalue weighted by molar-refractivity contribution is -0.146. The Hall–Kier alpha value is -2.01. The van der Waals surface area contributed by atoms with Crippen LogP contribution in [0.15, 0.2) is 29.4 Å². The number of piperazine rings is 1. The van der Waals surface area contributed by atoms with Crippen molar-refractivity contribution in [2.75, 3.05) is 45.9 Å². The van der Waals surface area contributed by atoms with E-state index in [2.05, 4.69) is 15.3 Å². The highest BCUT2D eigenvalue weighted by Gasteiger charge is 2.34. The molecule has 2 saturated heterocycles. The van der Waals surface area contributed by atoms with Crippen LogP contribution < -0.4 is 5.32 Å². The number of nitrogens with zero attached hydrogens (tertiary/aromatic N) is 3. The van der Waals surface area contributed by atoms with Gasteiger partial charge in [-0.05, 0) is 12.1 Å². The van der Waals surface area contributed by atoms with E-state index in [1.807, 2.05) is 0 Å². The summed E-state index contributed by atoms with van der Waals surface area (Å²) in [5.74, 6) is -0.0782. The van der Waals surface area contributed by atoms with Gasteiger partial charge in [-0.1, -0.05) is 0 Å². The number of carbonyl (C=O) groups is 1. The summed E-state index contributed by atoms with van der Waals surface area (Å²) in [6.07, 6.45) is 2.61. The molecule has 10 heteroatoms. The minimum absolute atomic E-state index is 0.0782. The molecule has 2 aliphatic heterocycles. The second-order valence-electron chi connectivity index (χ2n) is 6.35. The van der Waals surface area contributed by atoms with Gasteiger partial charge in [-0.2, -0.15) is 4.31 Å². The van der Waals surface area contributed by atoms with Gasteiger partial charge in [0.2, 0.25) is 10.0 Å². The number of rotatable bonds is 3. The number of sulfonamides is 1. The minimum atomic E-state index is -3.64. The molecule has 2 fully saturated rings. The molecule has 9 nitrogen and oxygen atoms in total. The molecule has 0 aliphatic carbocycles. The average molecular weight is 379 g/mol. The number of amides is 1. The number of hydrogen-bond donors (Lipinski definition) is 2. The number of aromatic nitrogens is 2. The molecule has 0 saturated carbocycles. The summed E-state index contributed by atoms with van der Waals surface area (Å²) in [5.41, 5.74) is 0.543. The molecule has 2 aliphatic rings. The largest absolute Gasteiger partial charge is 0.366 e. The summed E-state index contributed by atoms with van der Waals surface area (Å²) in [5, 5.41) is 3.71. The number of fused-ring (bicyclic) bond motifs is 1. The molecule has 4 rings (SSSR count). The van der Waals surface area contributed by atoms with E-state index in [1.54, 1.807) is 23.2 Å². The van der Waals surface area contributed by atoms with Gasteiger partial charge < -0.3 is 19.9 Å². The Kier molecular flexibility index (Phi) is 4.65. The molecule has 140 valence electrons. The first kappa shape index (κ1) is 17.4. The third-order valence-corrected chi connectivity index (χ3v) is 6.72. The van der Waals surface area contributed by atoms with Gasteiger partial charge in [0.25, 0.3) is 5.91 Å². The van der Waals surface area contributed by atoms with Gasteiger partial charge in [0.15, 0.2) is 0 Å². The van der Waals surface area contributed by atoms with E-state index in [0.29, 0.717) is 37.3 Å². The molecule has 0 radical (unpaired) electrons. The first-order chi connectivity index (χ1) is 12.6. The van der Waals surface area contributed by atoms with Crippen molar-refractivity contribution in [3.8, 4) is 0 Å². The zero-order valence-electron chi connectivity index (χ0n) is 14.2. The lowest BCUT2D eigenvalue weighted by Crippen LogP contribution is -2.55. The van der Waals surface area contributed by atoms with Crippen LogP contribution in [0.25, 0.3) is 11.0 Å². The zero-order chi connectivity index (χ0) is 18.1. The first-order valence-electron chi connectivity index (χ1n) is 8.61. The minimum Gasteiger partial charge on any atom is -0.366 e. The molecular weight excluding hydrogens is 358 g/mol. The molecule has 4 heterocycles. The maximum atomic E-state index is 13.0. The first-order valence-corrected chi connectivity index (χ1v) is 10.0. The van der Waals surface area contributed by atoms with Gasteiger partial charge in [-0.15, -0.1) is 0 Å². The second kappa shape index (κ2) is 6.95. The summed E-state index contributed by atoms with van der Waals surface area (Å²) in [6.45, 7) is 3.01. The van der Waals surface area contributed by atoms with E-state index in [9.17, 15) is 13.2 Å². The summed E-state index contributed by atoms with van der Waals surface area (Å²) in [4.78, 5) is 21.4. The SMILES string of the molecule is O=C(C1CNCCO1)N1CCN(S(=O)(=O)c2c[nH]c3ncccc23)CC1.